The van der Waals surface area contributed by atoms with Crippen molar-refractivity contribution in [3.8, 4) is 16.9 Å². The van der Waals surface area contributed by atoms with Crippen LogP contribution in [0.2, 0.25) is 0 Å². The van der Waals surface area contributed by atoms with E-state index in [0.29, 0.717) is 34.8 Å². The molecule has 0 bridgehead atoms. The fourth-order valence-corrected chi connectivity index (χ4v) is 3.94. The van der Waals surface area contributed by atoms with Gasteiger partial charge >= 0.3 is 5.97 Å². The molecular formula is C28H30O4. The lowest BCUT2D eigenvalue weighted by molar-refractivity contribution is 0.0476. The largest absolute Gasteiger partial charge is 0.506 e. The molecule has 166 valence electrons. The summed E-state index contributed by atoms with van der Waals surface area (Å²) in [6, 6.07) is 21.0. The summed E-state index contributed by atoms with van der Waals surface area (Å²) < 4.78 is 5.46. The summed E-state index contributed by atoms with van der Waals surface area (Å²) in [6.45, 7) is 4.62. The van der Waals surface area contributed by atoms with Crippen LogP contribution in [0.15, 0.2) is 72.8 Å². The molecule has 32 heavy (non-hydrogen) atoms. The highest BCUT2D eigenvalue weighted by Gasteiger charge is 2.21. The third-order valence-corrected chi connectivity index (χ3v) is 5.79. The minimum Gasteiger partial charge on any atom is -0.506 e. The zero-order chi connectivity index (χ0) is 22.9. The Bertz CT molecular complexity index is 1060. The Balaban J connectivity index is 1.85. The van der Waals surface area contributed by atoms with Crippen molar-refractivity contribution in [3.05, 3.63) is 89.5 Å². The first-order valence-corrected chi connectivity index (χ1v) is 11.2. The molecule has 1 unspecified atom stereocenters. The fraction of sp³-hybridized carbons (Fsp3) is 0.286. The number of carbonyl (C=O) groups is 2. The Morgan fingerprint density at radius 3 is 2.19 bits per heavy atom. The van der Waals surface area contributed by atoms with Gasteiger partial charge in [0, 0.05) is 16.7 Å². The van der Waals surface area contributed by atoms with E-state index >= 15 is 0 Å². The molecule has 3 rings (SSSR count). The van der Waals surface area contributed by atoms with Crippen molar-refractivity contribution in [1.29, 1.82) is 0 Å². The summed E-state index contributed by atoms with van der Waals surface area (Å²) >= 11 is 0. The number of hydrogen-bond donors (Lipinski definition) is 1. The number of aromatic hydroxyl groups is 1. The van der Waals surface area contributed by atoms with Gasteiger partial charge in [0.15, 0.2) is 5.78 Å². The van der Waals surface area contributed by atoms with Gasteiger partial charge in [-0.15, -0.1) is 0 Å². The number of rotatable bonds is 10. The molecule has 4 nitrogen and oxygen atoms in total. The molecule has 0 aliphatic carbocycles. The zero-order valence-electron chi connectivity index (χ0n) is 18.7. The third-order valence-electron chi connectivity index (χ3n) is 5.79. The monoisotopic (exact) mass is 430 g/mol. The Morgan fingerprint density at radius 2 is 1.47 bits per heavy atom. The standard InChI is InChI=1S/C28H30O4/c1-3-11-20(4-2)18-19-32-28(31)25-17-10-16-24(27(25)30)22-14-8-9-15-23(22)26(29)21-12-6-5-7-13-21/h5-10,12-17,20,30H,3-4,11,18-19H2,1-2H3. The van der Waals surface area contributed by atoms with Gasteiger partial charge in [0.25, 0.3) is 0 Å². The van der Waals surface area contributed by atoms with E-state index in [0.717, 1.165) is 25.7 Å². The number of carbonyl (C=O) groups excluding carboxylic acids is 2. The number of phenolic OH excluding ortho intramolecular Hbond substituents is 1. The Labute approximate surface area is 189 Å². The minimum absolute atomic E-state index is 0.105. The maximum atomic E-state index is 13.1. The van der Waals surface area contributed by atoms with E-state index in [2.05, 4.69) is 13.8 Å². The number of benzene rings is 3. The highest BCUT2D eigenvalue weighted by molar-refractivity contribution is 6.13. The topological polar surface area (TPSA) is 63.6 Å². The quantitative estimate of drug-likeness (QED) is 0.288. The molecule has 0 amide bonds. The number of ether oxygens (including phenoxy) is 1. The molecule has 1 N–H and O–H groups in total. The predicted octanol–water partition coefficient (Wildman–Crippen LogP) is 6.66. The van der Waals surface area contributed by atoms with E-state index in [-0.39, 0.29) is 17.1 Å². The minimum atomic E-state index is -0.553. The van der Waals surface area contributed by atoms with Crippen molar-refractivity contribution in [2.45, 2.75) is 39.5 Å². The summed E-state index contributed by atoms with van der Waals surface area (Å²) in [7, 11) is 0. The number of para-hydroxylation sites is 1. The maximum absolute atomic E-state index is 13.1. The van der Waals surface area contributed by atoms with Crippen molar-refractivity contribution in [2.24, 2.45) is 5.92 Å². The molecule has 3 aromatic rings. The summed E-state index contributed by atoms with van der Waals surface area (Å²) in [5.74, 6) is -0.340. The summed E-state index contributed by atoms with van der Waals surface area (Å²) in [5, 5.41) is 10.9. The molecule has 0 fully saturated rings. The van der Waals surface area contributed by atoms with Gasteiger partial charge in [-0.1, -0.05) is 99.8 Å². The second kappa shape index (κ2) is 11.3. The van der Waals surface area contributed by atoms with Gasteiger partial charge in [0.1, 0.15) is 11.3 Å². The Morgan fingerprint density at radius 1 is 0.812 bits per heavy atom. The van der Waals surface area contributed by atoms with Crippen LogP contribution >= 0.6 is 0 Å². The van der Waals surface area contributed by atoms with Crippen molar-refractivity contribution < 1.29 is 19.4 Å². The van der Waals surface area contributed by atoms with Crippen LogP contribution in [0.1, 0.15) is 65.8 Å². The normalized spacial score (nSPS) is 11.7. The van der Waals surface area contributed by atoms with E-state index in [9.17, 15) is 14.7 Å². The van der Waals surface area contributed by atoms with E-state index in [1.807, 2.05) is 18.2 Å². The lowest BCUT2D eigenvalue weighted by Crippen LogP contribution is -2.11. The second-order valence-corrected chi connectivity index (χ2v) is 7.93. The maximum Gasteiger partial charge on any atom is 0.341 e. The molecule has 1 atom stereocenters. The van der Waals surface area contributed by atoms with Crippen molar-refractivity contribution in [2.75, 3.05) is 6.61 Å². The van der Waals surface area contributed by atoms with Crippen LogP contribution in [0.25, 0.3) is 11.1 Å². The molecular weight excluding hydrogens is 400 g/mol. The molecule has 0 radical (unpaired) electrons. The lowest BCUT2D eigenvalue weighted by Gasteiger charge is -2.15. The fourth-order valence-electron chi connectivity index (χ4n) is 3.94. The molecule has 0 aliphatic heterocycles. The van der Waals surface area contributed by atoms with Crippen molar-refractivity contribution >= 4 is 11.8 Å². The third kappa shape index (κ3) is 5.44. The lowest BCUT2D eigenvalue weighted by atomic mass is 9.92. The smallest absolute Gasteiger partial charge is 0.341 e. The van der Waals surface area contributed by atoms with Gasteiger partial charge < -0.3 is 9.84 Å². The van der Waals surface area contributed by atoms with E-state index < -0.39 is 5.97 Å². The number of hydrogen-bond acceptors (Lipinski definition) is 4. The first-order chi connectivity index (χ1) is 15.6. The molecule has 0 saturated heterocycles. The van der Waals surface area contributed by atoms with Crippen LogP contribution in [0.3, 0.4) is 0 Å². The van der Waals surface area contributed by atoms with E-state index in [1.165, 1.54) is 0 Å². The number of phenols is 1. The second-order valence-electron chi connectivity index (χ2n) is 7.93. The van der Waals surface area contributed by atoms with Crippen LogP contribution in [-0.4, -0.2) is 23.5 Å². The Hall–Kier alpha value is -3.40. The van der Waals surface area contributed by atoms with Gasteiger partial charge in [0.05, 0.1) is 6.61 Å². The van der Waals surface area contributed by atoms with Crippen LogP contribution in [-0.2, 0) is 4.74 Å². The average molecular weight is 431 g/mol. The highest BCUT2D eigenvalue weighted by Crippen LogP contribution is 2.35. The first-order valence-electron chi connectivity index (χ1n) is 11.2. The molecule has 0 saturated carbocycles. The molecule has 4 heteroatoms. The van der Waals surface area contributed by atoms with Crippen LogP contribution in [0.5, 0.6) is 5.75 Å². The van der Waals surface area contributed by atoms with Crippen LogP contribution in [0, 0.1) is 5.92 Å². The molecule has 0 spiro atoms. The van der Waals surface area contributed by atoms with Crippen LogP contribution < -0.4 is 0 Å². The summed E-state index contributed by atoms with van der Waals surface area (Å²) in [5.41, 5.74) is 2.13. The van der Waals surface area contributed by atoms with Crippen LogP contribution in [0.4, 0.5) is 0 Å². The first kappa shape index (κ1) is 23.3. The summed E-state index contributed by atoms with van der Waals surface area (Å²) in [6.07, 6.45) is 4.08. The van der Waals surface area contributed by atoms with E-state index in [4.69, 9.17) is 4.74 Å². The number of ketones is 1. The SMILES string of the molecule is CCCC(CC)CCOC(=O)c1cccc(-c2ccccc2C(=O)c2ccccc2)c1O. The molecule has 0 aliphatic rings. The van der Waals surface area contributed by atoms with Gasteiger partial charge in [-0.25, -0.2) is 4.79 Å². The highest BCUT2D eigenvalue weighted by atomic mass is 16.5. The van der Waals surface area contributed by atoms with Crippen molar-refractivity contribution in [1.82, 2.24) is 0 Å². The molecule has 0 heterocycles. The molecule has 3 aromatic carbocycles. The predicted molar refractivity (Wildman–Crippen MR) is 127 cm³/mol. The molecule has 0 aromatic heterocycles. The number of esters is 1. The van der Waals surface area contributed by atoms with Gasteiger partial charge in [-0.2, -0.15) is 0 Å². The summed E-state index contributed by atoms with van der Waals surface area (Å²) in [4.78, 5) is 25.8. The van der Waals surface area contributed by atoms with Gasteiger partial charge in [-0.05, 0) is 24.0 Å². The van der Waals surface area contributed by atoms with Gasteiger partial charge in [0.2, 0.25) is 0 Å². The Kier molecular flexibility index (Phi) is 8.20. The van der Waals surface area contributed by atoms with Crippen molar-refractivity contribution in [3.63, 3.8) is 0 Å². The van der Waals surface area contributed by atoms with E-state index in [1.54, 1.807) is 54.6 Å². The average Bonchev–Trinajstić information content (AvgIpc) is 2.83. The zero-order valence-corrected chi connectivity index (χ0v) is 18.7. The van der Waals surface area contributed by atoms with Gasteiger partial charge in [-0.3, -0.25) is 4.79 Å².